The van der Waals surface area contributed by atoms with Gasteiger partial charge in [0.05, 0.1) is 19.8 Å². The van der Waals surface area contributed by atoms with Crippen LogP contribution in [0.4, 0.5) is 14.5 Å². The lowest BCUT2D eigenvalue weighted by Crippen LogP contribution is -2.47. The Labute approximate surface area is 244 Å². The minimum absolute atomic E-state index is 0.0173. The third-order valence-electron chi connectivity index (χ3n) is 7.37. The van der Waals surface area contributed by atoms with Crippen LogP contribution in [0.1, 0.15) is 58.9 Å². The van der Waals surface area contributed by atoms with E-state index in [-0.39, 0.29) is 53.9 Å². The first-order valence-electron chi connectivity index (χ1n) is 14.7. The quantitative estimate of drug-likeness (QED) is 0.169. The van der Waals surface area contributed by atoms with E-state index in [9.17, 15) is 13.6 Å². The van der Waals surface area contributed by atoms with Gasteiger partial charge in [0.2, 0.25) is 5.91 Å². The third kappa shape index (κ3) is 12.8. The SMILES string of the molecule is CC[C@H](C)C(CNc1ccc(F)cc1)NC(=O)[C@@H](CCC(N)COCc1ccc(F)c(OCCCOC)c1)C(C)C. The predicted octanol–water partition coefficient (Wildman–Crippen LogP) is 5.92. The van der Waals surface area contributed by atoms with Gasteiger partial charge < -0.3 is 30.6 Å². The number of anilines is 1. The van der Waals surface area contributed by atoms with Crippen LogP contribution in [0.5, 0.6) is 5.75 Å². The second-order valence-corrected chi connectivity index (χ2v) is 11.1. The molecule has 0 aliphatic heterocycles. The molecule has 7 nitrogen and oxygen atoms in total. The predicted molar refractivity (Wildman–Crippen MR) is 160 cm³/mol. The van der Waals surface area contributed by atoms with Gasteiger partial charge >= 0.3 is 0 Å². The number of carbonyl (C=O) groups is 1. The molecular weight excluding hydrogens is 528 g/mol. The lowest BCUT2D eigenvalue weighted by molar-refractivity contribution is -0.127. The summed E-state index contributed by atoms with van der Waals surface area (Å²) in [6.07, 6.45) is 2.87. The lowest BCUT2D eigenvalue weighted by atomic mass is 9.88. The Balaban J connectivity index is 1.83. The fourth-order valence-corrected chi connectivity index (χ4v) is 4.47. The van der Waals surface area contributed by atoms with Crippen LogP contribution in [0.2, 0.25) is 0 Å². The molecule has 0 saturated carbocycles. The van der Waals surface area contributed by atoms with Crippen molar-refractivity contribution in [1.82, 2.24) is 5.32 Å². The highest BCUT2D eigenvalue weighted by Crippen LogP contribution is 2.22. The van der Waals surface area contributed by atoms with E-state index in [4.69, 9.17) is 19.9 Å². The van der Waals surface area contributed by atoms with Crippen LogP contribution < -0.4 is 21.1 Å². The molecule has 9 heteroatoms. The van der Waals surface area contributed by atoms with Gasteiger partial charge in [0.1, 0.15) is 5.82 Å². The van der Waals surface area contributed by atoms with Gasteiger partial charge in [-0.15, -0.1) is 0 Å². The number of rotatable bonds is 20. The van der Waals surface area contributed by atoms with Crippen LogP contribution >= 0.6 is 0 Å². The Bertz CT molecular complexity index is 1020. The Kier molecular flexibility index (Phi) is 15.7. The number of carbonyl (C=O) groups excluding carboxylic acids is 1. The minimum Gasteiger partial charge on any atom is -0.490 e. The number of nitrogens with two attached hydrogens (primary N) is 1. The molecule has 0 radical (unpaired) electrons. The van der Waals surface area contributed by atoms with Crippen LogP contribution in [-0.2, 0) is 20.9 Å². The average Bonchev–Trinajstić information content (AvgIpc) is 2.95. The molecule has 0 spiro atoms. The van der Waals surface area contributed by atoms with E-state index in [2.05, 4.69) is 24.5 Å². The number of amides is 1. The number of hydrogen-bond donors (Lipinski definition) is 3. The molecule has 2 aromatic carbocycles. The van der Waals surface area contributed by atoms with Crippen LogP contribution in [-0.4, -0.2) is 51.5 Å². The van der Waals surface area contributed by atoms with Gasteiger partial charge in [0.25, 0.3) is 0 Å². The second-order valence-electron chi connectivity index (χ2n) is 11.1. The summed E-state index contributed by atoms with van der Waals surface area (Å²) < 4.78 is 43.6. The van der Waals surface area contributed by atoms with Crippen molar-refractivity contribution in [3.8, 4) is 5.75 Å². The summed E-state index contributed by atoms with van der Waals surface area (Å²) in [5.74, 6) is -0.264. The van der Waals surface area contributed by atoms with E-state index in [0.717, 1.165) is 17.7 Å². The topological polar surface area (TPSA) is 94.8 Å². The molecule has 1 amide bonds. The van der Waals surface area contributed by atoms with Crippen molar-refractivity contribution in [3.05, 3.63) is 59.7 Å². The summed E-state index contributed by atoms with van der Waals surface area (Å²) in [5, 5.41) is 6.57. The molecule has 0 fully saturated rings. The molecule has 2 unspecified atom stereocenters. The molecule has 4 N–H and O–H groups in total. The highest BCUT2D eigenvalue weighted by atomic mass is 19.1. The first-order valence-corrected chi connectivity index (χ1v) is 14.7. The van der Waals surface area contributed by atoms with Crippen molar-refractivity contribution >= 4 is 11.6 Å². The summed E-state index contributed by atoms with van der Waals surface area (Å²) in [5.41, 5.74) is 7.95. The largest absolute Gasteiger partial charge is 0.490 e. The number of methoxy groups -OCH3 is 1. The monoisotopic (exact) mass is 577 g/mol. The first-order chi connectivity index (χ1) is 19.6. The number of hydrogen-bond acceptors (Lipinski definition) is 6. The molecule has 0 aromatic heterocycles. The van der Waals surface area contributed by atoms with Gasteiger partial charge in [-0.1, -0.05) is 40.2 Å². The maximum absolute atomic E-state index is 14.0. The first kappa shape index (κ1) is 34.5. The van der Waals surface area contributed by atoms with Crippen molar-refractivity contribution in [2.24, 2.45) is 23.5 Å². The van der Waals surface area contributed by atoms with Crippen LogP contribution in [0, 0.1) is 29.4 Å². The van der Waals surface area contributed by atoms with Crippen molar-refractivity contribution < 1.29 is 27.8 Å². The zero-order chi connectivity index (χ0) is 30.2. The summed E-state index contributed by atoms with van der Waals surface area (Å²) in [6, 6.07) is 10.6. The Morgan fingerprint density at radius 1 is 1.02 bits per heavy atom. The number of benzene rings is 2. The standard InChI is InChI=1S/C32H49F2N3O4/c1-6-23(4)30(19-36-27-12-9-25(33)10-13-27)37-32(38)28(22(2)3)14-11-26(35)21-40-20-24-8-15-29(34)31(18-24)41-17-7-16-39-5/h8-10,12-13,15,18,22-23,26,28,30,36H,6-7,11,14,16-17,19-21,35H2,1-5H3,(H,37,38)/t23-,26?,28-,30?/m0/s1. The molecule has 2 aromatic rings. The molecule has 0 saturated heterocycles. The van der Waals surface area contributed by atoms with E-state index >= 15 is 0 Å². The van der Waals surface area contributed by atoms with Crippen molar-refractivity contribution in [3.63, 3.8) is 0 Å². The molecule has 2 rings (SSSR count). The molecular formula is C32H49F2N3O4. The molecule has 0 aliphatic carbocycles. The summed E-state index contributed by atoms with van der Waals surface area (Å²) in [6.45, 7) is 10.4. The smallest absolute Gasteiger partial charge is 0.223 e. The Morgan fingerprint density at radius 3 is 2.41 bits per heavy atom. The van der Waals surface area contributed by atoms with Gasteiger partial charge in [0.15, 0.2) is 11.6 Å². The summed E-state index contributed by atoms with van der Waals surface area (Å²) in [7, 11) is 1.61. The molecule has 0 aliphatic rings. The summed E-state index contributed by atoms with van der Waals surface area (Å²) in [4.78, 5) is 13.3. The van der Waals surface area contributed by atoms with Gasteiger partial charge in [-0.2, -0.15) is 0 Å². The number of halogens is 2. The average molecular weight is 578 g/mol. The number of ether oxygens (including phenoxy) is 3. The molecule has 41 heavy (non-hydrogen) atoms. The zero-order valence-electron chi connectivity index (χ0n) is 25.3. The van der Waals surface area contributed by atoms with E-state index in [1.165, 1.54) is 18.2 Å². The molecule has 0 bridgehead atoms. The lowest BCUT2D eigenvalue weighted by Gasteiger charge is -2.29. The van der Waals surface area contributed by atoms with Crippen molar-refractivity contribution in [2.75, 3.05) is 38.8 Å². The van der Waals surface area contributed by atoms with Crippen LogP contribution in [0.15, 0.2) is 42.5 Å². The second kappa shape index (κ2) is 18.6. The molecule has 4 atom stereocenters. The molecule has 230 valence electrons. The van der Waals surface area contributed by atoms with Gasteiger partial charge in [-0.05, 0) is 66.6 Å². The van der Waals surface area contributed by atoms with Crippen LogP contribution in [0.25, 0.3) is 0 Å². The van der Waals surface area contributed by atoms with E-state index in [1.54, 1.807) is 31.4 Å². The number of nitrogens with one attached hydrogen (secondary N) is 2. The fraction of sp³-hybridized carbons (Fsp3) is 0.594. The highest BCUT2D eigenvalue weighted by molar-refractivity contribution is 5.79. The third-order valence-corrected chi connectivity index (χ3v) is 7.37. The summed E-state index contributed by atoms with van der Waals surface area (Å²) >= 11 is 0. The highest BCUT2D eigenvalue weighted by Gasteiger charge is 2.27. The minimum atomic E-state index is -0.414. The Hall–Kier alpha value is -2.75. The molecule has 0 heterocycles. The van der Waals surface area contributed by atoms with Crippen molar-refractivity contribution in [2.45, 2.75) is 72.1 Å². The Morgan fingerprint density at radius 2 is 1.76 bits per heavy atom. The van der Waals surface area contributed by atoms with Crippen molar-refractivity contribution in [1.29, 1.82) is 0 Å². The van der Waals surface area contributed by atoms with Gasteiger partial charge in [-0.25, -0.2) is 8.78 Å². The maximum atomic E-state index is 14.0. The van der Waals surface area contributed by atoms with E-state index < -0.39 is 5.82 Å². The zero-order valence-corrected chi connectivity index (χ0v) is 25.3. The fourth-order valence-electron chi connectivity index (χ4n) is 4.47. The van der Waals surface area contributed by atoms with Gasteiger partial charge in [0, 0.05) is 50.4 Å². The van der Waals surface area contributed by atoms with Gasteiger partial charge in [-0.3, -0.25) is 4.79 Å². The maximum Gasteiger partial charge on any atom is 0.223 e. The van der Waals surface area contributed by atoms with E-state index in [1.807, 2.05) is 13.8 Å². The van der Waals surface area contributed by atoms with Crippen LogP contribution in [0.3, 0.4) is 0 Å². The van der Waals surface area contributed by atoms with E-state index in [0.29, 0.717) is 45.6 Å². The normalized spacial score (nSPS) is 14.4.